The van der Waals surface area contributed by atoms with Gasteiger partial charge in [0.05, 0.1) is 16.6 Å². The fourth-order valence-electron chi connectivity index (χ4n) is 2.74. The van der Waals surface area contributed by atoms with E-state index >= 15 is 0 Å². The molecule has 0 N–H and O–H groups in total. The maximum absolute atomic E-state index is 13.5. The number of thiazole rings is 1. The van der Waals surface area contributed by atoms with Gasteiger partial charge < -0.3 is 4.90 Å². The molecule has 0 saturated carbocycles. The lowest BCUT2D eigenvalue weighted by Crippen LogP contribution is -2.34. The molecule has 3 aromatic rings. The maximum atomic E-state index is 13.5. The van der Waals surface area contributed by atoms with Crippen molar-refractivity contribution >= 4 is 45.0 Å². The van der Waals surface area contributed by atoms with Gasteiger partial charge >= 0.3 is 0 Å². The molecular weight excluding hydrogens is 385 g/mol. The molecule has 7 heteroatoms. The average Bonchev–Trinajstić information content (AvgIpc) is 3.01. The number of carbonyl (C=O) groups is 1. The molecule has 0 atom stereocenters. The Bertz CT molecular complexity index is 885. The third-order valence-electron chi connectivity index (χ3n) is 4.06. The Morgan fingerprint density at radius 2 is 1.85 bits per heavy atom. The van der Waals surface area contributed by atoms with E-state index in [9.17, 15) is 9.18 Å². The fourth-order valence-corrected chi connectivity index (χ4v) is 3.77. The van der Waals surface area contributed by atoms with Gasteiger partial charge in [-0.3, -0.25) is 9.69 Å². The largest absolute Gasteiger partial charge is 0.309 e. The van der Waals surface area contributed by atoms with Crippen LogP contribution in [0.1, 0.15) is 12.0 Å². The summed E-state index contributed by atoms with van der Waals surface area (Å²) in [5.74, 6) is -0.281. The van der Waals surface area contributed by atoms with Crippen LogP contribution in [0.5, 0.6) is 0 Å². The van der Waals surface area contributed by atoms with Crippen LogP contribution < -0.4 is 4.90 Å². The van der Waals surface area contributed by atoms with Crippen molar-refractivity contribution in [2.24, 2.45) is 0 Å². The number of amides is 1. The van der Waals surface area contributed by atoms with Crippen molar-refractivity contribution in [1.82, 2.24) is 9.88 Å². The molecular formula is C20H23ClFN3OS. The Morgan fingerprint density at radius 3 is 2.56 bits per heavy atom. The summed E-state index contributed by atoms with van der Waals surface area (Å²) in [6.45, 7) is 1.47. The van der Waals surface area contributed by atoms with Gasteiger partial charge in [-0.05, 0) is 50.8 Å². The third kappa shape index (κ3) is 5.73. The summed E-state index contributed by atoms with van der Waals surface area (Å²) in [6.07, 6.45) is 1.17. The summed E-state index contributed by atoms with van der Waals surface area (Å²) >= 11 is 1.36. The first kappa shape index (κ1) is 21.3. The SMILES string of the molecule is CN(C)CCCN(C(=O)Cc1ccccc1)c1nc2ccc(F)cc2s1.Cl. The molecule has 0 bridgehead atoms. The molecule has 27 heavy (non-hydrogen) atoms. The number of aromatic nitrogens is 1. The molecule has 1 amide bonds. The Balaban J connectivity index is 0.00000261. The maximum Gasteiger partial charge on any atom is 0.233 e. The van der Waals surface area contributed by atoms with Gasteiger partial charge in [-0.15, -0.1) is 12.4 Å². The molecule has 0 unspecified atom stereocenters. The summed E-state index contributed by atoms with van der Waals surface area (Å²) in [6, 6.07) is 14.2. The molecule has 144 valence electrons. The predicted molar refractivity (Wildman–Crippen MR) is 112 cm³/mol. The molecule has 0 aliphatic carbocycles. The Hall–Kier alpha value is -2.02. The third-order valence-corrected chi connectivity index (χ3v) is 5.10. The zero-order valence-corrected chi connectivity index (χ0v) is 17.0. The molecule has 0 aliphatic rings. The summed E-state index contributed by atoms with van der Waals surface area (Å²) in [7, 11) is 4.02. The summed E-state index contributed by atoms with van der Waals surface area (Å²) in [5.41, 5.74) is 1.69. The van der Waals surface area contributed by atoms with Gasteiger partial charge in [0.15, 0.2) is 5.13 Å². The highest BCUT2D eigenvalue weighted by molar-refractivity contribution is 7.22. The van der Waals surface area contributed by atoms with Crippen molar-refractivity contribution in [3.05, 3.63) is 59.9 Å². The fraction of sp³-hybridized carbons (Fsp3) is 0.300. The first-order valence-electron chi connectivity index (χ1n) is 8.58. The van der Waals surface area contributed by atoms with E-state index in [-0.39, 0.29) is 24.1 Å². The van der Waals surface area contributed by atoms with Crippen molar-refractivity contribution in [2.45, 2.75) is 12.8 Å². The second-order valence-electron chi connectivity index (χ2n) is 6.47. The standard InChI is InChI=1S/C20H22FN3OS.ClH/c1-23(2)11-6-12-24(19(25)13-15-7-4-3-5-8-15)20-22-17-10-9-16(21)14-18(17)26-20;/h3-5,7-10,14H,6,11-13H2,1-2H3;1H. The molecule has 0 spiro atoms. The lowest BCUT2D eigenvalue weighted by molar-refractivity contribution is -0.118. The minimum Gasteiger partial charge on any atom is -0.309 e. The molecule has 0 radical (unpaired) electrons. The number of rotatable bonds is 7. The van der Waals surface area contributed by atoms with Gasteiger partial charge in [0.25, 0.3) is 0 Å². The Labute approximate surface area is 169 Å². The van der Waals surface area contributed by atoms with E-state index in [0.717, 1.165) is 28.7 Å². The van der Waals surface area contributed by atoms with Crippen LogP contribution in [-0.2, 0) is 11.2 Å². The first-order chi connectivity index (χ1) is 12.5. The van der Waals surface area contributed by atoms with E-state index in [2.05, 4.69) is 9.88 Å². The summed E-state index contributed by atoms with van der Waals surface area (Å²) < 4.78 is 14.2. The van der Waals surface area contributed by atoms with Crippen LogP contribution >= 0.6 is 23.7 Å². The minimum atomic E-state index is -0.289. The number of nitrogens with zero attached hydrogens (tertiary/aromatic N) is 3. The number of anilines is 1. The normalized spacial score (nSPS) is 10.8. The van der Waals surface area contributed by atoms with Gasteiger partial charge in [0.1, 0.15) is 5.82 Å². The van der Waals surface area contributed by atoms with Crippen LogP contribution in [0.3, 0.4) is 0 Å². The minimum absolute atomic E-state index is 0. The highest BCUT2D eigenvalue weighted by Gasteiger charge is 2.20. The highest BCUT2D eigenvalue weighted by atomic mass is 35.5. The zero-order valence-electron chi connectivity index (χ0n) is 15.4. The van der Waals surface area contributed by atoms with Crippen molar-refractivity contribution in [3.8, 4) is 0 Å². The van der Waals surface area contributed by atoms with Crippen LogP contribution in [-0.4, -0.2) is 43.0 Å². The van der Waals surface area contributed by atoms with E-state index in [1.165, 1.54) is 23.5 Å². The first-order valence-corrected chi connectivity index (χ1v) is 9.39. The molecule has 0 aliphatic heterocycles. The number of carbonyl (C=O) groups excluding carboxylic acids is 1. The van der Waals surface area contributed by atoms with E-state index in [0.29, 0.717) is 18.1 Å². The molecule has 2 aromatic carbocycles. The summed E-state index contributed by atoms with van der Waals surface area (Å²) in [4.78, 5) is 21.3. The number of fused-ring (bicyclic) bond motifs is 1. The lowest BCUT2D eigenvalue weighted by Gasteiger charge is -2.21. The highest BCUT2D eigenvalue weighted by Crippen LogP contribution is 2.30. The number of halogens is 2. The van der Waals surface area contributed by atoms with Crippen LogP contribution in [0.4, 0.5) is 9.52 Å². The van der Waals surface area contributed by atoms with Crippen molar-refractivity contribution in [2.75, 3.05) is 32.1 Å². The van der Waals surface area contributed by atoms with E-state index < -0.39 is 0 Å². The van der Waals surface area contributed by atoms with Crippen molar-refractivity contribution in [1.29, 1.82) is 0 Å². The number of benzene rings is 2. The monoisotopic (exact) mass is 407 g/mol. The van der Waals surface area contributed by atoms with Crippen LogP contribution in [0.2, 0.25) is 0 Å². The second kappa shape index (κ2) is 9.78. The second-order valence-corrected chi connectivity index (χ2v) is 7.48. The molecule has 4 nitrogen and oxygen atoms in total. The summed E-state index contributed by atoms with van der Waals surface area (Å²) in [5, 5.41) is 0.630. The zero-order chi connectivity index (χ0) is 18.5. The quantitative estimate of drug-likeness (QED) is 0.583. The molecule has 1 heterocycles. The molecule has 1 aromatic heterocycles. The van der Waals surface area contributed by atoms with E-state index in [1.54, 1.807) is 11.0 Å². The molecule has 3 rings (SSSR count). The van der Waals surface area contributed by atoms with Crippen LogP contribution in [0.25, 0.3) is 10.2 Å². The van der Waals surface area contributed by atoms with Gasteiger partial charge in [-0.25, -0.2) is 9.37 Å². The molecule has 0 saturated heterocycles. The predicted octanol–water partition coefficient (Wildman–Crippen LogP) is 4.38. The van der Waals surface area contributed by atoms with Crippen LogP contribution in [0.15, 0.2) is 48.5 Å². The van der Waals surface area contributed by atoms with Gasteiger partial charge in [0, 0.05) is 6.54 Å². The van der Waals surface area contributed by atoms with Gasteiger partial charge in [0.2, 0.25) is 5.91 Å². The topological polar surface area (TPSA) is 36.4 Å². The molecule has 0 fully saturated rings. The van der Waals surface area contributed by atoms with E-state index in [4.69, 9.17) is 0 Å². The van der Waals surface area contributed by atoms with Gasteiger partial charge in [-0.2, -0.15) is 0 Å². The van der Waals surface area contributed by atoms with Crippen molar-refractivity contribution < 1.29 is 9.18 Å². The Morgan fingerprint density at radius 1 is 1.11 bits per heavy atom. The van der Waals surface area contributed by atoms with E-state index in [1.807, 2.05) is 44.4 Å². The van der Waals surface area contributed by atoms with Crippen LogP contribution in [0, 0.1) is 5.82 Å². The van der Waals surface area contributed by atoms with Crippen molar-refractivity contribution in [3.63, 3.8) is 0 Å². The lowest BCUT2D eigenvalue weighted by atomic mass is 10.1. The Kier molecular flexibility index (Phi) is 7.71. The van der Waals surface area contributed by atoms with Gasteiger partial charge in [-0.1, -0.05) is 41.7 Å². The number of hydrogen-bond donors (Lipinski definition) is 0. The average molecular weight is 408 g/mol. The smallest absolute Gasteiger partial charge is 0.233 e. The number of hydrogen-bond acceptors (Lipinski definition) is 4.